The maximum absolute atomic E-state index is 7.81. The predicted molar refractivity (Wildman–Crippen MR) is 81.6 cm³/mol. The Morgan fingerprint density at radius 1 is 1.15 bits per heavy atom. The van der Waals surface area contributed by atoms with Crippen LogP contribution in [0.4, 0.5) is 10.9 Å². The fraction of sp³-hybridized carbons (Fsp3) is 0. The van der Waals surface area contributed by atoms with E-state index in [0.717, 1.165) is 16.0 Å². The van der Waals surface area contributed by atoms with E-state index in [2.05, 4.69) is 9.98 Å². The van der Waals surface area contributed by atoms with Crippen LogP contribution in [0.1, 0.15) is 16.0 Å². The van der Waals surface area contributed by atoms with Gasteiger partial charge in [-0.25, -0.2) is 9.98 Å². The van der Waals surface area contributed by atoms with Crippen molar-refractivity contribution >= 4 is 53.2 Å². The third-order valence-corrected chi connectivity index (χ3v) is 3.45. The van der Waals surface area contributed by atoms with Gasteiger partial charge in [0.15, 0.2) is 11.0 Å². The zero-order chi connectivity index (χ0) is 14.7. The van der Waals surface area contributed by atoms with Crippen LogP contribution in [-0.2, 0) is 15.1 Å². The molecule has 0 unspecified atom stereocenters. The summed E-state index contributed by atoms with van der Waals surface area (Å²) in [6.45, 7) is 0. The number of nitrogens with zero attached hydrogens (tertiary/aromatic N) is 2. The predicted octanol–water partition coefficient (Wildman–Crippen LogP) is 2.86. The Balaban J connectivity index is 0.000000452. The number of fused-ring (bicyclic) bond motifs is 1. The molecule has 2 heterocycles. The molecule has 0 fully saturated rings. The van der Waals surface area contributed by atoms with Gasteiger partial charge in [-0.05, 0) is 0 Å². The normalized spacial score (nSPS) is 12.1. The molecule has 1 aromatic carbocycles. The van der Waals surface area contributed by atoms with Crippen molar-refractivity contribution in [3.8, 4) is 0 Å². The quantitative estimate of drug-likeness (QED) is 0.664. The molecule has 9 heteroatoms. The van der Waals surface area contributed by atoms with Gasteiger partial charge < -0.3 is 11.5 Å². The molecule has 0 bridgehead atoms. The summed E-state index contributed by atoms with van der Waals surface area (Å²) in [6, 6.07) is 7.59. The number of amidine groups is 1. The number of anilines is 2. The topological polar surface area (TPSA) is 101 Å². The zero-order valence-electron chi connectivity index (χ0n) is 10.2. The molecule has 3 rings (SSSR count). The fourth-order valence-corrected chi connectivity index (χ4v) is 2.58. The van der Waals surface area contributed by atoms with Crippen LogP contribution < -0.4 is 11.5 Å². The minimum absolute atomic E-state index is 0.252. The first-order chi connectivity index (χ1) is 9.58. The SMILES string of the molecule is N=C1N=C(c2sc(N)nc2N)c2ccccc21.[Cl][Zn][Cl]. The zero-order valence-corrected chi connectivity index (χ0v) is 15.5. The molecule has 20 heavy (non-hydrogen) atoms. The van der Waals surface area contributed by atoms with Crippen LogP contribution in [0.2, 0.25) is 0 Å². The number of nitrogen functional groups attached to an aromatic ring is 2. The summed E-state index contributed by atoms with van der Waals surface area (Å²) in [5.41, 5.74) is 13.8. The van der Waals surface area contributed by atoms with E-state index in [1.807, 2.05) is 24.3 Å². The summed E-state index contributed by atoms with van der Waals surface area (Å²) >= 11 is 0.361. The van der Waals surface area contributed by atoms with Crippen molar-refractivity contribution < 1.29 is 15.1 Å². The maximum atomic E-state index is 7.81. The second kappa shape index (κ2) is 6.63. The van der Waals surface area contributed by atoms with Gasteiger partial charge in [0.05, 0.1) is 10.6 Å². The number of rotatable bonds is 1. The van der Waals surface area contributed by atoms with Crippen LogP contribution in [0.5, 0.6) is 0 Å². The van der Waals surface area contributed by atoms with Crippen LogP contribution in [-0.4, -0.2) is 16.5 Å². The molecule has 100 valence electrons. The number of aromatic nitrogens is 1. The monoisotopic (exact) mass is 377 g/mol. The van der Waals surface area contributed by atoms with Gasteiger partial charge in [0, 0.05) is 11.1 Å². The number of hydrogen-bond donors (Lipinski definition) is 3. The number of nitrogens with two attached hydrogens (primary N) is 2. The van der Waals surface area contributed by atoms with Crippen molar-refractivity contribution in [2.24, 2.45) is 4.99 Å². The van der Waals surface area contributed by atoms with E-state index >= 15 is 0 Å². The van der Waals surface area contributed by atoms with Crippen LogP contribution >= 0.6 is 30.7 Å². The summed E-state index contributed by atoms with van der Waals surface area (Å²) in [7, 11) is 9.90. The second-order valence-electron chi connectivity index (χ2n) is 3.72. The van der Waals surface area contributed by atoms with E-state index in [-0.39, 0.29) is 5.84 Å². The number of benzene rings is 1. The van der Waals surface area contributed by atoms with Crippen molar-refractivity contribution in [1.82, 2.24) is 4.98 Å². The van der Waals surface area contributed by atoms with Crippen molar-refractivity contribution in [1.29, 1.82) is 5.41 Å². The molecule has 0 atom stereocenters. The van der Waals surface area contributed by atoms with Gasteiger partial charge in [-0.1, -0.05) is 35.6 Å². The molecule has 1 aliphatic rings. The van der Waals surface area contributed by atoms with Gasteiger partial charge in [0.1, 0.15) is 5.82 Å². The summed E-state index contributed by atoms with van der Waals surface area (Å²) in [4.78, 5) is 8.95. The van der Waals surface area contributed by atoms with Crippen LogP contribution in [0.15, 0.2) is 29.3 Å². The Morgan fingerprint density at radius 3 is 2.30 bits per heavy atom. The summed E-state index contributed by atoms with van der Waals surface area (Å²) in [5, 5.41) is 8.23. The van der Waals surface area contributed by atoms with Gasteiger partial charge >= 0.3 is 34.5 Å². The Bertz CT molecular complexity index is 685. The van der Waals surface area contributed by atoms with E-state index < -0.39 is 15.1 Å². The molecule has 1 aromatic heterocycles. The van der Waals surface area contributed by atoms with E-state index in [0.29, 0.717) is 16.7 Å². The number of halogens is 2. The van der Waals surface area contributed by atoms with E-state index in [1.165, 1.54) is 11.3 Å². The summed E-state index contributed by atoms with van der Waals surface area (Å²) < 4.78 is 0. The Hall–Kier alpha value is -1.01. The average molecular weight is 380 g/mol. The van der Waals surface area contributed by atoms with Crippen molar-refractivity contribution in [2.45, 2.75) is 0 Å². The Labute approximate surface area is 135 Å². The van der Waals surface area contributed by atoms with Gasteiger partial charge in [0.25, 0.3) is 0 Å². The van der Waals surface area contributed by atoms with Gasteiger partial charge in [-0.3, -0.25) is 5.41 Å². The molecule has 1 aliphatic heterocycles. The molecule has 5 nitrogen and oxygen atoms in total. The fourth-order valence-electron chi connectivity index (χ4n) is 1.82. The van der Waals surface area contributed by atoms with Crippen LogP contribution in [0, 0.1) is 5.41 Å². The number of aliphatic imine (C=N–C) groups is 1. The molecule has 0 saturated carbocycles. The first kappa shape index (κ1) is 15.4. The molecule has 0 saturated heterocycles. The minimum atomic E-state index is -0.931. The molecule has 2 aromatic rings. The first-order valence-corrected chi connectivity index (χ1v) is 14.1. The van der Waals surface area contributed by atoms with Crippen LogP contribution in [0.25, 0.3) is 0 Å². The van der Waals surface area contributed by atoms with E-state index in [9.17, 15) is 0 Å². The van der Waals surface area contributed by atoms with Crippen LogP contribution in [0.3, 0.4) is 0 Å². The number of hydrogen-bond acceptors (Lipinski definition) is 5. The molecular formula is C11H9Cl2N5SZn. The molecule has 0 radical (unpaired) electrons. The Kier molecular flexibility index (Phi) is 5.10. The third-order valence-electron chi connectivity index (χ3n) is 2.55. The molecule has 0 amide bonds. The number of nitrogens with one attached hydrogen (secondary N) is 1. The Morgan fingerprint density at radius 2 is 1.75 bits per heavy atom. The molecular weight excluding hydrogens is 371 g/mol. The van der Waals surface area contributed by atoms with Gasteiger partial charge in [-0.2, -0.15) is 0 Å². The number of thiazole rings is 1. The van der Waals surface area contributed by atoms with Crippen molar-refractivity contribution in [2.75, 3.05) is 11.5 Å². The standard InChI is InChI=1S/C11H9N5S.2ClH.Zn/c12-9-6-4-2-1-3-5(6)7(15-9)8-10(13)16-11(14)17-8;;;/h1-4,12H,13H2,(H2,14,16);2*1H;/q;;;+2/p-2. The van der Waals surface area contributed by atoms with Crippen molar-refractivity contribution in [3.05, 3.63) is 40.3 Å². The second-order valence-corrected chi connectivity index (χ2v) is 9.38. The molecule has 0 aliphatic carbocycles. The molecule has 0 spiro atoms. The molecule has 5 N–H and O–H groups in total. The van der Waals surface area contributed by atoms with Gasteiger partial charge in [0.2, 0.25) is 0 Å². The third kappa shape index (κ3) is 3.01. The van der Waals surface area contributed by atoms with Gasteiger partial charge in [-0.15, -0.1) is 0 Å². The summed E-state index contributed by atoms with van der Waals surface area (Å²) in [5.74, 6) is 0.623. The first-order valence-electron chi connectivity index (χ1n) is 5.49. The van der Waals surface area contributed by atoms with E-state index in [4.69, 9.17) is 36.3 Å². The summed E-state index contributed by atoms with van der Waals surface area (Å²) in [6.07, 6.45) is 0. The van der Waals surface area contributed by atoms with Crippen molar-refractivity contribution in [3.63, 3.8) is 0 Å². The van der Waals surface area contributed by atoms with E-state index in [1.54, 1.807) is 0 Å². The average Bonchev–Trinajstić information content (AvgIpc) is 2.91.